The number of carbonyl (C=O) groups is 1. The van der Waals surface area contributed by atoms with E-state index < -0.39 is 0 Å². The van der Waals surface area contributed by atoms with Gasteiger partial charge in [0.05, 0.1) is 24.5 Å². The first kappa shape index (κ1) is 14.6. The molecule has 0 aliphatic rings. The molecule has 0 aromatic carbocycles. The maximum Gasteiger partial charge on any atom is 0.242 e. The molecule has 1 aromatic rings. The van der Waals surface area contributed by atoms with Gasteiger partial charge in [0, 0.05) is 20.3 Å². The third-order valence-electron chi connectivity index (χ3n) is 2.31. The SMILES string of the molecule is COCC(CCO)NC(=O)Cn1cc(CN)nn1. The number of aromatic nitrogens is 3. The van der Waals surface area contributed by atoms with E-state index in [0.717, 1.165) is 0 Å². The Hall–Kier alpha value is -1.51. The second kappa shape index (κ2) is 7.75. The highest BCUT2D eigenvalue weighted by Crippen LogP contribution is 1.94. The molecule has 4 N–H and O–H groups in total. The first-order chi connectivity index (χ1) is 8.69. The molecule has 8 nitrogen and oxygen atoms in total. The molecule has 1 aromatic heterocycles. The number of amides is 1. The maximum absolute atomic E-state index is 11.7. The number of hydrogen-bond donors (Lipinski definition) is 3. The topological polar surface area (TPSA) is 115 Å². The Balaban J connectivity index is 2.43. The fourth-order valence-electron chi connectivity index (χ4n) is 1.48. The van der Waals surface area contributed by atoms with Gasteiger partial charge in [0.1, 0.15) is 6.54 Å². The lowest BCUT2D eigenvalue weighted by molar-refractivity contribution is -0.123. The van der Waals surface area contributed by atoms with E-state index in [4.69, 9.17) is 15.6 Å². The van der Waals surface area contributed by atoms with Crippen molar-refractivity contribution in [3.8, 4) is 0 Å². The van der Waals surface area contributed by atoms with E-state index in [-0.39, 0.29) is 25.1 Å². The average molecular weight is 257 g/mol. The number of nitrogens with zero attached hydrogens (tertiary/aromatic N) is 3. The zero-order chi connectivity index (χ0) is 13.4. The van der Waals surface area contributed by atoms with Crippen LogP contribution in [-0.4, -0.2) is 52.4 Å². The highest BCUT2D eigenvalue weighted by Gasteiger charge is 2.12. The number of hydrogen-bond acceptors (Lipinski definition) is 6. The van der Waals surface area contributed by atoms with Crippen LogP contribution in [0.25, 0.3) is 0 Å². The van der Waals surface area contributed by atoms with Crippen LogP contribution in [0.5, 0.6) is 0 Å². The summed E-state index contributed by atoms with van der Waals surface area (Å²) in [6, 6.07) is -0.204. The van der Waals surface area contributed by atoms with Crippen molar-refractivity contribution in [1.29, 1.82) is 0 Å². The minimum absolute atomic E-state index is 0.00501. The number of carbonyl (C=O) groups excluding carboxylic acids is 1. The minimum atomic E-state index is -0.209. The summed E-state index contributed by atoms with van der Waals surface area (Å²) in [7, 11) is 1.54. The van der Waals surface area contributed by atoms with Crippen LogP contribution in [0.4, 0.5) is 0 Å². The van der Waals surface area contributed by atoms with E-state index in [2.05, 4.69) is 15.6 Å². The Kier molecular flexibility index (Phi) is 6.26. The molecule has 0 aliphatic heterocycles. The van der Waals surface area contributed by atoms with Crippen LogP contribution in [-0.2, 0) is 22.6 Å². The Morgan fingerprint density at radius 1 is 1.72 bits per heavy atom. The van der Waals surface area contributed by atoms with Crippen molar-refractivity contribution < 1.29 is 14.6 Å². The quantitative estimate of drug-likeness (QED) is 0.508. The normalized spacial score (nSPS) is 12.4. The monoisotopic (exact) mass is 257 g/mol. The zero-order valence-electron chi connectivity index (χ0n) is 10.4. The number of ether oxygens (including phenoxy) is 1. The Morgan fingerprint density at radius 3 is 3.06 bits per heavy atom. The molecule has 1 unspecified atom stereocenters. The summed E-state index contributed by atoms with van der Waals surface area (Å²) in [6.07, 6.45) is 2.07. The van der Waals surface area contributed by atoms with Gasteiger partial charge < -0.3 is 20.9 Å². The average Bonchev–Trinajstić information content (AvgIpc) is 2.77. The molecule has 1 rings (SSSR count). The van der Waals surface area contributed by atoms with Crippen molar-refractivity contribution in [1.82, 2.24) is 20.3 Å². The predicted molar refractivity (Wildman–Crippen MR) is 63.4 cm³/mol. The summed E-state index contributed by atoms with van der Waals surface area (Å²) >= 11 is 0. The number of nitrogens with one attached hydrogen (secondary N) is 1. The van der Waals surface area contributed by atoms with Crippen LogP contribution >= 0.6 is 0 Å². The molecule has 1 heterocycles. The first-order valence-corrected chi connectivity index (χ1v) is 5.67. The highest BCUT2D eigenvalue weighted by atomic mass is 16.5. The fraction of sp³-hybridized carbons (Fsp3) is 0.700. The molecule has 102 valence electrons. The van der Waals surface area contributed by atoms with Crippen molar-refractivity contribution in [2.75, 3.05) is 20.3 Å². The van der Waals surface area contributed by atoms with Crippen LogP contribution in [0.2, 0.25) is 0 Å². The maximum atomic E-state index is 11.7. The van der Waals surface area contributed by atoms with Crippen molar-refractivity contribution in [2.24, 2.45) is 5.73 Å². The van der Waals surface area contributed by atoms with Crippen LogP contribution in [0.15, 0.2) is 6.20 Å². The Labute approximate surface area is 105 Å². The largest absolute Gasteiger partial charge is 0.396 e. The van der Waals surface area contributed by atoms with Gasteiger partial charge in [0.25, 0.3) is 0 Å². The first-order valence-electron chi connectivity index (χ1n) is 5.67. The summed E-state index contributed by atoms with van der Waals surface area (Å²) in [5, 5.41) is 19.2. The van der Waals surface area contributed by atoms with E-state index in [0.29, 0.717) is 25.3 Å². The molecule has 8 heteroatoms. The molecule has 0 aliphatic carbocycles. The Bertz CT molecular complexity index is 362. The van der Waals surface area contributed by atoms with E-state index in [1.54, 1.807) is 13.3 Å². The van der Waals surface area contributed by atoms with Crippen LogP contribution in [0.3, 0.4) is 0 Å². The van der Waals surface area contributed by atoms with Gasteiger partial charge in [-0.25, -0.2) is 4.68 Å². The summed E-state index contributed by atoms with van der Waals surface area (Å²) in [5.41, 5.74) is 6.02. The van der Waals surface area contributed by atoms with Gasteiger partial charge in [-0.2, -0.15) is 0 Å². The summed E-state index contributed by atoms with van der Waals surface area (Å²) < 4.78 is 6.37. The second-order valence-electron chi connectivity index (χ2n) is 3.84. The van der Waals surface area contributed by atoms with Crippen molar-refractivity contribution >= 4 is 5.91 Å². The third kappa shape index (κ3) is 4.78. The lowest BCUT2D eigenvalue weighted by Crippen LogP contribution is -2.40. The molecule has 0 spiro atoms. The lowest BCUT2D eigenvalue weighted by atomic mass is 10.2. The molecule has 18 heavy (non-hydrogen) atoms. The number of aliphatic hydroxyl groups excluding tert-OH is 1. The van der Waals surface area contributed by atoms with Gasteiger partial charge in [0.2, 0.25) is 5.91 Å². The van der Waals surface area contributed by atoms with Gasteiger partial charge in [0.15, 0.2) is 0 Å². The van der Waals surface area contributed by atoms with Crippen LogP contribution in [0, 0.1) is 0 Å². The zero-order valence-corrected chi connectivity index (χ0v) is 10.4. The number of nitrogens with two attached hydrogens (primary N) is 1. The fourth-order valence-corrected chi connectivity index (χ4v) is 1.48. The van der Waals surface area contributed by atoms with E-state index >= 15 is 0 Å². The molecule has 1 atom stereocenters. The molecule has 0 bridgehead atoms. The van der Waals surface area contributed by atoms with E-state index in [9.17, 15) is 4.79 Å². The smallest absolute Gasteiger partial charge is 0.242 e. The molecule has 0 saturated carbocycles. The number of rotatable bonds is 8. The van der Waals surface area contributed by atoms with Gasteiger partial charge in [-0.15, -0.1) is 5.10 Å². The van der Waals surface area contributed by atoms with Crippen molar-refractivity contribution in [2.45, 2.75) is 25.6 Å². The highest BCUT2D eigenvalue weighted by molar-refractivity contribution is 5.75. The van der Waals surface area contributed by atoms with Crippen molar-refractivity contribution in [3.05, 3.63) is 11.9 Å². The molecule has 1 amide bonds. The molecule has 0 radical (unpaired) electrons. The standard InChI is InChI=1S/C10H19N5O3/c1-18-7-8(2-3-16)12-10(17)6-15-5-9(4-11)13-14-15/h5,8,16H,2-4,6-7,11H2,1H3,(H,12,17). The second-order valence-corrected chi connectivity index (χ2v) is 3.84. The van der Waals surface area contributed by atoms with Crippen molar-refractivity contribution in [3.63, 3.8) is 0 Å². The summed E-state index contributed by atoms with van der Waals surface area (Å²) in [6.45, 7) is 0.712. The summed E-state index contributed by atoms with van der Waals surface area (Å²) in [5.74, 6) is -0.209. The molecule has 0 fully saturated rings. The number of methoxy groups -OCH3 is 1. The van der Waals surface area contributed by atoms with E-state index in [1.807, 2.05) is 0 Å². The van der Waals surface area contributed by atoms with E-state index in [1.165, 1.54) is 4.68 Å². The van der Waals surface area contributed by atoms with Crippen LogP contribution in [0.1, 0.15) is 12.1 Å². The minimum Gasteiger partial charge on any atom is -0.396 e. The lowest BCUT2D eigenvalue weighted by Gasteiger charge is -2.16. The molecular weight excluding hydrogens is 238 g/mol. The summed E-state index contributed by atoms with van der Waals surface area (Å²) in [4.78, 5) is 11.7. The molecular formula is C10H19N5O3. The van der Waals surface area contributed by atoms with Crippen LogP contribution < -0.4 is 11.1 Å². The van der Waals surface area contributed by atoms with Gasteiger partial charge in [-0.05, 0) is 6.42 Å². The number of aliphatic hydroxyl groups is 1. The van der Waals surface area contributed by atoms with Gasteiger partial charge in [-0.3, -0.25) is 4.79 Å². The third-order valence-corrected chi connectivity index (χ3v) is 2.31. The predicted octanol–water partition coefficient (Wildman–Crippen LogP) is -1.75. The van der Waals surface area contributed by atoms with Gasteiger partial charge in [-0.1, -0.05) is 5.21 Å². The van der Waals surface area contributed by atoms with Gasteiger partial charge >= 0.3 is 0 Å². The molecule has 0 saturated heterocycles. The Morgan fingerprint density at radius 2 is 2.50 bits per heavy atom.